The molecule has 0 radical (unpaired) electrons. The monoisotopic (exact) mass is 320 g/mol. The highest BCUT2D eigenvalue weighted by molar-refractivity contribution is 6.17. The zero-order chi connectivity index (χ0) is 17.0. The summed E-state index contributed by atoms with van der Waals surface area (Å²) in [6.45, 7) is 4.22. The average molecular weight is 320 g/mol. The van der Waals surface area contributed by atoms with Crippen LogP contribution in [0.3, 0.4) is 0 Å². The lowest BCUT2D eigenvalue weighted by atomic mass is 9.72. The Morgan fingerprint density at radius 3 is 2.25 bits per heavy atom. The molecule has 2 aromatic rings. The second kappa shape index (κ2) is 6.83. The van der Waals surface area contributed by atoms with Gasteiger partial charge in [0, 0.05) is 12.0 Å². The van der Waals surface area contributed by atoms with Crippen molar-refractivity contribution < 1.29 is 14.3 Å². The fourth-order valence-electron chi connectivity index (χ4n) is 3.29. The van der Waals surface area contributed by atoms with Gasteiger partial charge in [0.15, 0.2) is 11.6 Å². The van der Waals surface area contributed by atoms with E-state index in [1.165, 1.54) is 0 Å². The normalized spacial score (nSPS) is 19.9. The summed E-state index contributed by atoms with van der Waals surface area (Å²) in [6, 6.07) is 18.3. The summed E-state index contributed by atoms with van der Waals surface area (Å²) in [5.74, 6) is 0.497. The molecule has 0 heterocycles. The van der Waals surface area contributed by atoms with Crippen LogP contribution in [0.1, 0.15) is 29.6 Å². The van der Waals surface area contributed by atoms with Gasteiger partial charge in [0.25, 0.3) is 0 Å². The van der Waals surface area contributed by atoms with Gasteiger partial charge in [-0.1, -0.05) is 55.1 Å². The second-order valence-corrected chi connectivity index (χ2v) is 6.08. The lowest BCUT2D eigenvalue weighted by molar-refractivity contribution is -0.122. The van der Waals surface area contributed by atoms with Crippen molar-refractivity contribution in [3.05, 3.63) is 78.4 Å². The van der Waals surface area contributed by atoms with Gasteiger partial charge in [-0.3, -0.25) is 9.59 Å². The van der Waals surface area contributed by atoms with Crippen LogP contribution in [-0.2, 0) is 4.79 Å². The molecule has 1 saturated carbocycles. The lowest BCUT2D eigenvalue weighted by Crippen LogP contribution is -2.39. The largest absolute Gasteiger partial charge is 0.489 e. The maximum Gasteiger partial charge on any atom is 0.180 e. The Bertz CT molecular complexity index is 749. The standard InChI is InChI=1S/C21H20O3/c1-16(15-24-18-11-6-3-7-12-18)21(14-8-13-19(21)22)20(23)17-9-4-2-5-10-17/h2-7,9-12H,1,8,13-15H2. The van der Waals surface area contributed by atoms with Gasteiger partial charge in [-0.15, -0.1) is 0 Å². The zero-order valence-electron chi connectivity index (χ0n) is 13.5. The van der Waals surface area contributed by atoms with Gasteiger partial charge >= 0.3 is 0 Å². The maximum atomic E-state index is 13.1. The highest BCUT2D eigenvalue weighted by Crippen LogP contribution is 2.43. The average Bonchev–Trinajstić information content (AvgIpc) is 3.03. The summed E-state index contributed by atoms with van der Waals surface area (Å²) in [5, 5.41) is 0. The van der Waals surface area contributed by atoms with Gasteiger partial charge in [0.05, 0.1) is 0 Å². The molecule has 0 saturated heterocycles. The Kier molecular flexibility index (Phi) is 4.61. The Morgan fingerprint density at radius 2 is 1.67 bits per heavy atom. The number of hydrogen-bond acceptors (Lipinski definition) is 3. The third-order valence-electron chi connectivity index (χ3n) is 4.62. The van der Waals surface area contributed by atoms with E-state index >= 15 is 0 Å². The molecule has 1 unspecified atom stereocenters. The molecule has 0 bridgehead atoms. The van der Waals surface area contributed by atoms with Crippen molar-refractivity contribution in [1.29, 1.82) is 0 Å². The predicted molar refractivity (Wildman–Crippen MR) is 93.1 cm³/mol. The number of ether oxygens (including phenoxy) is 1. The second-order valence-electron chi connectivity index (χ2n) is 6.08. The van der Waals surface area contributed by atoms with Crippen LogP contribution in [0.15, 0.2) is 72.8 Å². The number of carbonyl (C=O) groups is 2. The summed E-state index contributed by atoms with van der Waals surface area (Å²) in [6.07, 6.45) is 1.64. The molecule has 24 heavy (non-hydrogen) atoms. The number of carbonyl (C=O) groups excluding carboxylic acids is 2. The van der Waals surface area contributed by atoms with Gasteiger partial charge in [-0.05, 0) is 30.5 Å². The van der Waals surface area contributed by atoms with E-state index < -0.39 is 5.41 Å². The van der Waals surface area contributed by atoms with Crippen LogP contribution in [0.25, 0.3) is 0 Å². The molecule has 3 nitrogen and oxygen atoms in total. The molecular weight excluding hydrogens is 300 g/mol. The zero-order valence-corrected chi connectivity index (χ0v) is 13.5. The van der Waals surface area contributed by atoms with E-state index in [2.05, 4.69) is 6.58 Å². The molecule has 0 aromatic heterocycles. The molecule has 0 aliphatic heterocycles. The fraction of sp³-hybridized carbons (Fsp3) is 0.238. The summed E-state index contributed by atoms with van der Waals surface area (Å²) in [7, 11) is 0. The molecule has 2 aromatic carbocycles. The fourth-order valence-corrected chi connectivity index (χ4v) is 3.29. The maximum absolute atomic E-state index is 13.1. The Balaban J connectivity index is 1.85. The van der Waals surface area contributed by atoms with Crippen molar-refractivity contribution >= 4 is 11.6 Å². The highest BCUT2D eigenvalue weighted by Gasteiger charge is 2.50. The van der Waals surface area contributed by atoms with Gasteiger partial charge in [0.2, 0.25) is 0 Å². The van der Waals surface area contributed by atoms with Crippen LogP contribution in [0, 0.1) is 5.41 Å². The number of Topliss-reactive ketones (excluding diaryl/α,β-unsaturated/α-hetero) is 2. The van der Waals surface area contributed by atoms with E-state index in [-0.39, 0.29) is 18.2 Å². The Hall–Kier alpha value is -2.68. The van der Waals surface area contributed by atoms with Gasteiger partial charge < -0.3 is 4.74 Å². The van der Waals surface area contributed by atoms with Crippen LogP contribution in [0.4, 0.5) is 0 Å². The summed E-state index contributed by atoms with van der Waals surface area (Å²) in [5.41, 5.74) is -0.0489. The number of hydrogen-bond donors (Lipinski definition) is 0. The minimum Gasteiger partial charge on any atom is -0.489 e. The Labute approximate surface area is 142 Å². The molecule has 122 valence electrons. The van der Waals surface area contributed by atoms with Crippen LogP contribution in [0.5, 0.6) is 5.75 Å². The Morgan fingerprint density at radius 1 is 1.04 bits per heavy atom. The minimum atomic E-state index is -1.14. The molecule has 1 aliphatic carbocycles. The molecule has 1 atom stereocenters. The van der Waals surface area contributed by atoms with Crippen LogP contribution in [-0.4, -0.2) is 18.2 Å². The lowest BCUT2D eigenvalue weighted by Gasteiger charge is -2.28. The molecule has 1 fully saturated rings. The first-order valence-electron chi connectivity index (χ1n) is 8.14. The quantitative estimate of drug-likeness (QED) is 0.454. The third kappa shape index (κ3) is 2.90. The highest BCUT2D eigenvalue weighted by atomic mass is 16.5. The van der Waals surface area contributed by atoms with E-state index in [0.29, 0.717) is 36.1 Å². The summed E-state index contributed by atoms with van der Waals surface area (Å²) >= 11 is 0. The van der Waals surface area contributed by atoms with Crippen molar-refractivity contribution in [2.45, 2.75) is 19.3 Å². The van der Waals surface area contributed by atoms with E-state index in [1.54, 1.807) is 12.1 Å². The number of ketones is 2. The number of benzene rings is 2. The topological polar surface area (TPSA) is 43.4 Å². The van der Waals surface area contributed by atoms with Crippen molar-refractivity contribution in [3.63, 3.8) is 0 Å². The number of para-hydroxylation sites is 1. The predicted octanol–water partition coefficient (Wildman–Crippen LogP) is 4.24. The van der Waals surface area contributed by atoms with Crippen LogP contribution < -0.4 is 4.74 Å². The summed E-state index contributed by atoms with van der Waals surface area (Å²) < 4.78 is 5.74. The molecule has 1 aliphatic rings. The molecule has 3 rings (SSSR count). The van der Waals surface area contributed by atoms with Crippen LogP contribution in [0.2, 0.25) is 0 Å². The van der Waals surface area contributed by atoms with Gasteiger partial charge in [-0.2, -0.15) is 0 Å². The first kappa shape index (κ1) is 16.2. The van der Waals surface area contributed by atoms with E-state index in [1.807, 2.05) is 48.5 Å². The third-order valence-corrected chi connectivity index (χ3v) is 4.62. The minimum absolute atomic E-state index is 0.0435. The van der Waals surface area contributed by atoms with Crippen molar-refractivity contribution in [2.75, 3.05) is 6.61 Å². The number of rotatable bonds is 6. The smallest absolute Gasteiger partial charge is 0.180 e. The van der Waals surface area contributed by atoms with E-state index in [9.17, 15) is 9.59 Å². The first-order chi connectivity index (χ1) is 11.6. The molecular formula is C21H20O3. The van der Waals surface area contributed by atoms with Crippen molar-refractivity contribution in [1.82, 2.24) is 0 Å². The van der Waals surface area contributed by atoms with Crippen molar-refractivity contribution in [3.8, 4) is 5.75 Å². The SMILES string of the molecule is C=C(COc1ccccc1)C1(C(=O)c2ccccc2)CCCC1=O. The van der Waals surface area contributed by atoms with Gasteiger partial charge in [-0.25, -0.2) is 0 Å². The first-order valence-corrected chi connectivity index (χ1v) is 8.14. The van der Waals surface area contributed by atoms with Crippen LogP contribution >= 0.6 is 0 Å². The molecule has 3 heteroatoms. The summed E-state index contributed by atoms with van der Waals surface area (Å²) in [4.78, 5) is 25.7. The van der Waals surface area contributed by atoms with E-state index in [0.717, 1.165) is 0 Å². The molecule has 0 spiro atoms. The molecule has 0 N–H and O–H groups in total. The van der Waals surface area contributed by atoms with Crippen molar-refractivity contribution in [2.24, 2.45) is 5.41 Å². The molecule has 0 amide bonds. The van der Waals surface area contributed by atoms with Gasteiger partial charge in [0.1, 0.15) is 17.8 Å². The van der Waals surface area contributed by atoms with E-state index in [4.69, 9.17) is 4.74 Å².